The number of aliphatic carboxylic acids is 1. The van der Waals surface area contributed by atoms with Crippen molar-refractivity contribution >= 4 is 57.9 Å². The van der Waals surface area contributed by atoms with Gasteiger partial charge in [0.05, 0.1) is 4.91 Å². The van der Waals surface area contributed by atoms with E-state index in [9.17, 15) is 14.7 Å². The Balaban J connectivity index is 1.83. The lowest BCUT2D eigenvalue weighted by atomic mass is 10.1. The molecule has 1 unspecified atom stereocenters. The number of nitrogens with zero attached hydrogens (tertiary/aromatic N) is 1. The van der Waals surface area contributed by atoms with E-state index in [4.69, 9.17) is 28.2 Å². The number of amides is 1. The number of hydrogen-bond acceptors (Lipinski definition) is 5. The topological polar surface area (TPSA) is 70.8 Å². The van der Waals surface area contributed by atoms with Gasteiger partial charge >= 0.3 is 5.97 Å². The van der Waals surface area contributed by atoms with Crippen molar-refractivity contribution in [2.45, 2.75) is 32.2 Å². The number of benzene rings is 1. The Morgan fingerprint density at radius 3 is 2.86 bits per heavy atom. The highest BCUT2D eigenvalue weighted by Gasteiger charge is 2.40. The number of thiocarbonyl (C=S) groups is 1. The number of carbonyl (C=O) groups excluding carboxylic acids is 1. The summed E-state index contributed by atoms with van der Waals surface area (Å²) in [6, 6.07) is 9.85. The molecule has 8 heteroatoms. The Morgan fingerprint density at radius 1 is 1.39 bits per heavy atom. The summed E-state index contributed by atoms with van der Waals surface area (Å²) in [5, 5.41) is 10.1. The average Bonchev–Trinajstić information content (AvgIpc) is 3.22. The minimum Gasteiger partial charge on any atom is -0.480 e. The van der Waals surface area contributed by atoms with E-state index >= 15 is 0 Å². The summed E-state index contributed by atoms with van der Waals surface area (Å²) in [5.41, 5.74) is 0.824. The minimum atomic E-state index is -1.05. The van der Waals surface area contributed by atoms with Gasteiger partial charge in [0.15, 0.2) is 0 Å². The van der Waals surface area contributed by atoms with Crippen LogP contribution in [0.25, 0.3) is 17.4 Å². The first-order valence-electron chi connectivity index (χ1n) is 8.76. The molecule has 0 bridgehead atoms. The van der Waals surface area contributed by atoms with Gasteiger partial charge in [0.25, 0.3) is 5.91 Å². The van der Waals surface area contributed by atoms with E-state index in [0.29, 0.717) is 34.3 Å². The molecule has 146 valence electrons. The van der Waals surface area contributed by atoms with Crippen molar-refractivity contribution in [2.24, 2.45) is 0 Å². The van der Waals surface area contributed by atoms with E-state index in [1.54, 1.807) is 30.3 Å². The highest BCUT2D eigenvalue weighted by Crippen LogP contribution is 2.36. The Morgan fingerprint density at radius 2 is 2.18 bits per heavy atom. The third-order valence-corrected chi connectivity index (χ3v) is 5.83. The number of rotatable bonds is 7. The predicted octanol–water partition coefficient (Wildman–Crippen LogP) is 5.44. The molecule has 0 aliphatic carbocycles. The van der Waals surface area contributed by atoms with Crippen LogP contribution in [0.3, 0.4) is 0 Å². The molecule has 1 saturated heterocycles. The lowest BCUT2D eigenvalue weighted by Gasteiger charge is -2.22. The van der Waals surface area contributed by atoms with E-state index in [-0.39, 0.29) is 4.32 Å². The highest BCUT2D eigenvalue weighted by atomic mass is 35.5. The monoisotopic (exact) mass is 435 g/mol. The lowest BCUT2D eigenvalue weighted by molar-refractivity contribution is -0.145. The fraction of sp³-hybridized carbons (Fsp3) is 0.250. The van der Waals surface area contributed by atoms with E-state index in [1.165, 1.54) is 4.90 Å². The van der Waals surface area contributed by atoms with Crippen molar-refractivity contribution in [3.63, 3.8) is 0 Å². The van der Waals surface area contributed by atoms with Crippen LogP contribution in [0.2, 0.25) is 5.02 Å². The Labute approximate surface area is 177 Å². The van der Waals surface area contributed by atoms with Crippen LogP contribution in [0.15, 0.2) is 45.7 Å². The van der Waals surface area contributed by atoms with Crippen molar-refractivity contribution in [3.8, 4) is 11.3 Å². The molecule has 1 amide bonds. The van der Waals surface area contributed by atoms with Crippen molar-refractivity contribution in [1.29, 1.82) is 0 Å². The van der Waals surface area contributed by atoms with Crippen LogP contribution < -0.4 is 0 Å². The van der Waals surface area contributed by atoms with E-state index in [2.05, 4.69) is 0 Å². The van der Waals surface area contributed by atoms with Crippen LogP contribution in [0.5, 0.6) is 0 Å². The number of carboxylic acid groups (broad SMARTS) is 1. The van der Waals surface area contributed by atoms with Crippen LogP contribution in [-0.4, -0.2) is 32.2 Å². The number of furan rings is 1. The summed E-state index contributed by atoms with van der Waals surface area (Å²) in [6.07, 6.45) is 3.50. The molecule has 5 nitrogen and oxygen atoms in total. The first kappa shape index (κ1) is 20.6. The molecule has 1 N–H and O–H groups in total. The van der Waals surface area contributed by atoms with Gasteiger partial charge in [-0.15, -0.1) is 0 Å². The van der Waals surface area contributed by atoms with Gasteiger partial charge in [-0.2, -0.15) is 0 Å². The van der Waals surface area contributed by atoms with Gasteiger partial charge in [-0.25, -0.2) is 4.79 Å². The largest absolute Gasteiger partial charge is 0.480 e. The van der Waals surface area contributed by atoms with E-state index in [1.807, 2.05) is 19.1 Å². The molecule has 3 rings (SSSR count). The van der Waals surface area contributed by atoms with Crippen LogP contribution >= 0.6 is 35.6 Å². The van der Waals surface area contributed by atoms with Gasteiger partial charge < -0.3 is 9.52 Å². The smallest absolute Gasteiger partial charge is 0.326 e. The third-order valence-electron chi connectivity index (χ3n) is 4.26. The molecule has 1 aliphatic heterocycles. The minimum absolute atomic E-state index is 0.251. The lowest BCUT2D eigenvalue weighted by Crippen LogP contribution is -2.43. The van der Waals surface area contributed by atoms with Gasteiger partial charge in [0.1, 0.15) is 21.9 Å². The number of carbonyl (C=O) groups is 2. The zero-order valence-electron chi connectivity index (χ0n) is 15.1. The maximum Gasteiger partial charge on any atom is 0.326 e. The zero-order chi connectivity index (χ0) is 20.3. The SMILES string of the molecule is CCCCC(C(=O)O)N1C(=O)/C(=C\c2ccc(-c3cccc(Cl)c3)o2)SC1=S. The maximum absolute atomic E-state index is 12.8. The second-order valence-corrected chi connectivity index (χ2v) is 8.37. The van der Waals surface area contributed by atoms with E-state index in [0.717, 1.165) is 23.7 Å². The summed E-state index contributed by atoms with van der Waals surface area (Å²) in [7, 11) is 0. The van der Waals surface area contributed by atoms with Crippen molar-refractivity contribution in [1.82, 2.24) is 4.90 Å². The molecule has 1 atom stereocenters. The van der Waals surface area contributed by atoms with Crippen molar-refractivity contribution in [2.75, 3.05) is 0 Å². The highest BCUT2D eigenvalue weighted by molar-refractivity contribution is 8.26. The van der Waals surface area contributed by atoms with Gasteiger partial charge in [-0.05, 0) is 30.7 Å². The molecule has 1 aliphatic rings. The molecule has 28 heavy (non-hydrogen) atoms. The summed E-state index contributed by atoms with van der Waals surface area (Å²) >= 11 is 12.4. The molecule has 0 spiro atoms. The zero-order valence-corrected chi connectivity index (χ0v) is 17.4. The Bertz CT molecular complexity index is 953. The molecular formula is C20H18ClNO4S2. The second-order valence-electron chi connectivity index (χ2n) is 6.26. The quantitative estimate of drug-likeness (QED) is 0.461. The Hall–Kier alpha value is -2.09. The number of hydrogen-bond donors (Lipinski definition) is 1. The van der Waals surface area contributed by atoms with Crippen LogP contribution in [0, 0.1) is 0 Å². The molecule has 1 aromatic carbocycles. The fourth-order valence-electron chi connectivity index (χ4n) is 2.87. The molecule has 0 saturated carbocycles. The number of unbranched alkanes of at least 4 members (excludes halogenated alkanes) is 1. The standard InChI is InChI=1S/C20H18ClNO4S2/c1-2-3-7-15(19(24)25)22-18(23)17(28-20(22)27)11-14-8-9-16(26-14)12-5-4-6-13(21)10-12/h4-6,8-11,15H,2-3,7H2,1H3,(H,24,25)/b17-11+. The van der Waals surface area contributed by atoms with Crippen molar-refractivity contribution < 1.29 is 19.1 Å². The molecule has 2 aromatic rings. The van der Waals surface area contributed by atoms with Crippen LogP contribution in [0.4, 0.5) is 0 Å². The van der Waals surface area contributed by atoms with E-state index < -0.39 is 17.9 Å². The molecule has 0 radical (unpaired) electrons. The molecule has 1 fully saturated rings. The molecule has 1 aromatic heterocycles. The first-order valence-corrected chi connectivity index (χ1v) is 10.4. The van der Waals surface area contributed by atoms with Gasteiger partial charge in [-0.1, -0.05) is 67.5 Å². The molecule has 2 heterocycles. The third kappa shape index (κ3) is 4.48. The Kier molecular flexibility index (Phi) is 6.59. The maximum atomic E-state index is 12.8. The number of thioether (sulfide) groups is 1. The summed E-state index contributed by atoms with van der Waals surface area (Å²) in [5.74, 6) is -0.349. The van der Waals surface area contributed by atoms with Crippen molar-refractivity contribution in [3.05, 3.63) is 52.1 Å². The normalized spacial score (nSPS) is 16.8. The summed E-state index contributed by atoms with van der Waals surface area (Å²) in [6.45, 7) is 1.97. The number of carboxylic acids is 1. The van der Waals surface area contributed by atoms with Gasteiger partial charge in [-0.3, -0.25) is 9.69 Å². The average molecular weight is 436 g/mol. The van der Waals surface area contributed by atoms with Gasteiger partial charge in [0, 0.05) is 16.7 Å². The van der Waals surface area contributed by atoms with Crippen LogP contribution in [-0.2, 0) is 9.59 Å². The number of halogens is 1. The van der Waals surface area contributed by atoms with Crippen LogP contribution in [0.1, 0.15) is 31.9 Å². The fourth-order valence-corrected chi connectivity index (χ4v) is 4.39. The predicted molar refractivity (Wildman–Crippen MR) is 115 cm³/mol. The summed E-state index contributed by atoms with van der Waals surface area (Å²) in [4.78, 5) is 25.9. The first-order chi connectivity index (χ1) is 13.4. The second kappa shape index (κ2) is 8.94. The van der Waals surface area contributed by atoms with Gasteiger partial charge in [0.2, 0.25) is 0 Å². The summed E-state index contributed by atoms with van der Waals surface area (Å²) < 4.78 is 6.05. The molecular weight excluding hydrogens is 418 g/mol.